The summed E-state index contributed by atoms with van der Waals surface area (Å²) in [7, 11) is 0. The Morgan fingerprint density at radius 3 is 2.28 bits per heavy atom. The van der Waals surface area contributed by atoms with Gasteiger partial charge >= 0.3 is 0 Å². The summed E-state index contributed by atoms with van der Waals surface area (Å²) in [4.78, 5) is 20.5. The Morgan fingerprint density at radius 1 is 1.00 bits per heavy atom. The molecular weight excluding hydrogens is 228 g/mol. The molecule has 1 fully saturated rings. The number of nitriles is 2. The van der Waals surface area contributed by atoms with Gasteiger partial charge in [-0.05, 0) is 12.8 Å². The first-order chi connectivity index (χ1) is 8.76. The zero-order valence-corrected chi connectivity index (χ0v) is 9.68. The number of Topliss-reactive ketones (excluding diaryl/α,β-unsaturated/α-hetero) is 1. The molecule has 1 aromatic rings. The van der Waals surface area contributed by atoms with E-state index in [-0.39, 0.29) is 29.0 Å². The lowest BCUT2D eigenvalue weighted by molar-refractivity contribution is 0.0894. The second-order valence-corrected chi connectivity index (χ2v) is 4.74. The summed E-state index contributed by atoms with van der Waals surface area (Å²) < 4.78 is 0. The van der Waals surface area contributed by atoms with Crippen LogP contribution in [0.4, 0.5) is 0 Å². The number of hydrogen-bond acceptors (Lipinski definition) is 5. The summed E-state index contributed by atoms with van der Waals surface area (Å²) in [6.07, 6.45) is 3.93. The van der Waals surface area contributed by atoms with Crippen LogP contribution in [0.25, 0.3) is 0 Å². The lowest BCUT2D eigenvalue weighted by Crippen LogP contribution is -2.18. The van der Waals surface area contributed by atoms with Gasteiger partial charge in [-0.3, -0.25) is 4.79 Å². The second-order valence-electron chi connectivity index (χ2n) is 4.74. The highest BCUT2D eigenvalue weighted by atomic mass is 16.1. The van der Waals surface area contributed by atoms with Gasteiger partial charge in [0.05, 0.1) is 5.69 Å². The topological polar surface area (TPSA) is 90.4 Å². The monoisotopic (exact) mass is 238 g/mol. The fourth-order valence-corrected chi connectivity index (χ4v) is 2.99. The Balaban J connectivity index is 2.18. The van der Waals surface area contributed by atoms with E-state index in [1.54, 1.807) is 0 Å². The van der Waals surface area contributed by atoms with E-state index in [4.69, 9.17) is 10.5 Å². The number of fused-ring (bicyclic) bond motifs is 3. The van der Waals surface area contributed by atoms with Gasteiger partial charge in [0.15, 0.2) is 17.2 Å². The van der Waals surface area contributed by atoms with Crippen molar-refractivity contribution in [2.75, 3.05) is 0 Å². The van der Waals surface area contributed by atoms with E-state index in [2.05, 4.69) is 9.97 Å². The highest BCUT2D eigenvalue weighted by molar-refractivity contribution is 6.01. The van der Waals surface area contributed by atoms with Crippen molar-refractivity contribution in [2.45, 2.75) is 31.6 Å². The number of ketones is 1. The van der Waals surface area contributed by atoms with Crippen LogP contribution in [0.1, 0.15) is 59.2 Å². The molecule has 3 rings (SSSR count). The Hall–Kier alpha value is -2.27. The Morgan fingerprint density at radius 2 is 1.61 bits per heavy atom. The van der Waals surface area contributed by atoms with Gasteiger partial charge in [-0.15, -0.1) is 0 Å². The maximum Gasteiger partial charge on any atom is 0.186 e. The zero-order valence-electron chi connectivity index (χ0n) is 9.68. The minimum atomic E-state index is -0.0387. The molecule has 1 aromatic heterocycles. The van der Waals surface area contributed by atoms with E-state index in [1.165, 1.54) is 0 Å². The Bertz CT molecular complexity index is 623. The van der Waals surface area contributed by atoms with Crippen molar-refractivity contribution in [1.29, 1.82) is 10.5 Å². The number of aromatic nitrogens is 2. The van der Waals surface area contributed by atoms with Crippen LogP contribution in [0.5, 0.6) is 0 Å². The minimum absolute atomic E-state index is 0.00295. The van der Waals surface area contributed by atoms with Gasteiger partial charge in [-0.1, -0.05) is 12.8 Å². The Kier molecular flexibility index (Phi) is 2.34. The molecule has 1 saturated carbocycles. The molecule has 5 heteroatoms. The van der Waals surface area contributed by atoms with Crippen LogP contribution in [0.15, 0.2) is 0 Å². The number of hydrogen-bond donors (Lipinski definition) is 0. The van der Waals surface area contributed by atoms with Crippen molar-refractivity contribution >= 4 is 5.78 Å². The maximum absolute atomic E-state index is 12.2. The molecule has 5 nitrogen and oxygen atoms in total. The third-order valence-electron chi connectivity index (χ3n) is 3.82. The molecule has 88 valence electrons. The van der Waals surface area contributed by atoms with Crippen LogP contribution in [0, 0.1) is 28.6 Å². The third-order valence-corrected chi connectivity index (χ3v) is 3.82. The van der Waals surface area contributed by atoms with Crippen molar-refractivity contribution < 1.29 is 4.79 Å². The fourth-order valence-electron chi connectivity index (χ4n) is 2.99. The van der Waals surface area contributed by atoms with Crippen LogP contribution in [-0.4, -0.2) is 15.8 Å². The largest absolute Gasteiger partial charge is 0.292 e. The molecule has 0 bridgehead atoms. The van der Waals surface area contributed by atoms with Crippen molar-refractivity contribution in [3.63, 3.8) is 0 Å². The van der Waals surface area contributed by atoms with Gasteiger partial charge in [0, 0.05) is 11.8 Å². The van der Waals surface area contributed by atoms with E-state index in [9.17, 15) is 4.79 Å². The van der Waals surface area contributed by atoms with Crippen LogP contribution in [-0.2, 0) is 0 Å². The standard InChI is InChI=1S/C13H10N4O/c14-5-9-10(6-15)17-12-11(16-9)7-3-1-2-4-8(7)13(12)18/h7-8H,1-4H2. The highest BCUT2D eigenvalue weighted by Gasteiger charge is 2.43. The molecule has 0 spiro atoms. The average molecular weight is 238 g/mol. The van der Waals surface area contributed by atoms with Crippen LogP contribution >= 0.6 is 0 Å². The molecule has 18 heavy (non-hydrogen) atoms. The molecule has 2 unspecified atom stereocenters. The Labute approximate surface area is 104 Å². The van der Waals surface area contributed by atoms with Gasteiger partial charge in [0.25, 0.3) is 0 Å². The number of rotatable bonds is 0. The summed E-state index contributed by atoms with van der Waals surface area (Å²) in [6.45, 7) is 0. The number of nitrogens with zero attached hydrogens (tertiary/aromatic N) is 4. The van der Waals surface area contributed by atoms with Gasteiger partial charge in [0.1, 0.15) is 17.8 Å². The molecule has 0 radical (unpaired) electrons. The first-order valence-electron chi connectivity index (χ1n) is 6.02. The quantitative estimate of drug-likeness (QED) is 0.685. The lowest BCUT2D eigenvalue weighted by Gasteiger charge is -2.23. The van der Waals surface area contributed by atoms with Crippen molar-refractivity contribution in [2.24, 2.45) is 5.92 Å². The fraction of sp³-hybridized carbons (Fsp3) is 0.462. The van der Waals surface area contributed by atoms with Crippen molar-refractivity contribution in [3.05, 3.63) is 22.8 Å². The molecule has 0 aromatic carbocycles. The maximum atomic E-state index is 12.2. The molecular formula is C13H10N4O. The predicted molar refractivity (Wildman–Crippen MR) is 60.5 cm³/mol. The molecule has 0 aliphatic heterocycles. The summed E-state index contributed by atoms with van der Waals surface area (Å²) >= 11 is 0. The smallest absolute Gasteiger partial charge is 0.186 e. The van der Waals surface area contributed by atoms with E-state index in [1.807, 2.05) is 12.1 Å². The SMILES string of the molecule is N#Cc1nc2c(nc1C#N)C1CCCCC1C2=O. The van der Waals surface area contributed by atoms with Crippen molar-refractivity contribution in [1.82, 2.24) is 9.97 Å². The second kappa shape index (κ2) is 3.89. The summed E-state index contributed by atoms with van der Waals surface area (Å²) in [5.74, 6) is 0.0750. The third kappa shape index (κ3) is 1.34. The van der Waals surface area contributed by atoms with Gasteiger partial charge in [-0.2, -0.15) is 10.5 Å². The molecule has 1 heterocycles. The van der Waals surface area contributed by atoms with E-state index < -0.39 is 0 Å². The molecule has 0 saturated heterocycles. The number of carbonyl (C=O) groups is 1. The molecule has 0 amide bonds. The van der Waals surface area contributed by atoms with Crippen molar-refractivity contribution in [3.8, 4) is 12.1 Å². The highest BCUT2D eigenvalue weighted by Crippen LogP contribution is 2.45. The van der Waals surface area contributed by atoms with E-state index in [0.29, 0.717) is 11.4 Å². The summed E-state index contributed by atoms with van der Waals surface area (Å²) in [5, 5.41) is 17.9. The van der Waals surface area contributed by atoms with Crippen LogP contribution in [0.2, 0.25) is 0 Å². The van der Waals surface area contributed by atoms with Crippen LogP contribution < -0.4 is 0 Å². The average Bonchev–Trinajstić information content (AvgIpc) is 2.71. The van der Waals surface area contributed by atoms with Gasteiger partial charge in [0.2, 0.25) is 0 Å². The first kappa shape index (κ1) is 10.9. The predicted octanol–water partition coefficient (Wildman–Crippen LogP) is 1.69. The summed E-state index contributed by atoms with van der Waals surface area (Å²) in [5.41, 5.74) is 0.959. The van der Waals surface area contributed by atoms with E-state index in [0.717, 1.165) is 25.7 Å². The molecule has 0 N–H and O–H groups in total. The normalized spacial score (nSPS) is 24.9. The summed E-state index contributed by atoms with van der Waals surface area (Å²) in [6, 6.07) is 3.71. The number of carbonyl (C=O) groups excluding carboxylic acids is 1. The molecule has 2 aliphatic carbocycles. The lowest BCUT2D eigenvalue weighted by atomic mass is 9.80. The van der Waals surface area contributed by atoms with Gasteiger partial charge in [-0.25, -0.2) is 9.97 Å². The molecule has 2 atom stereocenters. The van der Waals surface area contributed by atoms with Crippen LogP contribution in [0.3, 0.4) is 0 Å². The van der Waals surface area contributed by atoms with Gasteiger partial charge < -0.3 is 0 Å². The zero-order chi connectivity index (χ0) is 12.7. The first-order valence-corrected chi connectivity index (χ1v) is 6.02. The molecule has 2 aliphatic rings. The van der Waals surface area contributed by atoms with E-state index >= 15 is 0 Å². The minimum Gasteiger partial charge on any atom is -0.292 e.